The number of aryl methyl sites for hydroxylation is 3. The smallest absolute Gasteiger partial charge is 0.181 e. The third-order valence-corrected chi connectivity index (χ3v) is 2.10. The predicted octanol–water partition coefficient (Wildman–Crippen LogP) is 2.62. The molecule has 0 bridgehead atoms. The molecule has 0 heterocycles. The minimum Gasteiger partial charge on any atom is -0.290 e. The largest absolute Gasteiger partial charge is 0.290 e. The first-order chi connectivity index (χ1) is 6.13. The lowest BCUT2D eigenvalue weighted by molar-refractivity contribution is 0.921. The normalized spacial score (nSPS) is 10.1. The maximum absolute atomic E-state index is 11.5. The zero-order chi connectivity index (χ0) is 9.84. The van der Waals surface area contributed by atoms with Gasteiger partial charge in [0.1, 0.15) is 0 Å². The molecule has 0 aliphatic heterocycles. The van der Waals surface area contributed by atoms with Crippen molar-refractivity contribution in [2.45, 2.75) is 33.6 Å². The summed E-state index contributed by atoms with van der Waals surface area (Å²) in [6.07, 6.45) is 2.08. The summed E-state index contributed by atoms with van der Waals surface area (Å²) in [6.45, 7) is 6.02. The lowest BCUT2D eigenvalue weighted by Crippen LogP contribution is -1.99. The van der Waals surface area contributed by atoms with E-state index in [4.69, 9.17) is 0 Å². The highest BCUT2D eigenvalue weighted by Gasteiger charge is 1.95. The van der Waals surface area contributed by atoms with Gasteiger partial charge in [0, 0.05) is 0 Å². The third-order valence-electron chi connectivity index (χ3n) is 2.10. The highest BCUT2D eigenvalue weighted by atomic mass is 16.1. The standard InChI is InChI=1S/C12H16O/c1-4-5-11-7-9(2)6-10(3)12(13)8-11/h6-8H,4-5H2,1-3H3. The van der Waals surface area contributed by atoms with E-state index in [1.807, 2.05) is 19.9 Å². The molecule has 0 radical (unpaired) electrons. The van der Waals surface area contributed by atoms with Gasteiger partial charge in [0.25, 0.3) is 0 Å². The molecule has 0 aliphatic carbocycles. The van der Waals surface area contributed by atoms with Crippen LogP contribution in [0.3, 0.4) is 0 Å². The summed E-state index contributed by atoms with van der Waals surface area (Å²) >= 11 is 0. The lowest BCUT2D eigenvalue weighted by atomic mass is 10.1. The van der Waals surface area contributed by atoms with Crippen LogP contribution in [0.2, 0.25) is 0 Å². The number of rotatable bonds is 2. The van der Waals surface area contributed by atoms with E-state index < -0.39 is 0 Å². The van der Waals surface area contributed by atoms with Gasteiger partial charge in [-0.3, -0.25) is 4.79 Å². The summed E-state index contributed by atoms with van der Waals surface area (Å²) in [7, 11) is 0. The highest BCUT2D eigenvalue weighted by Crippen LogP contribution is 2.04. The Kier molecular flexibility index (Phi) is 3.24. The molecule has 0 aromatic heterocycles. The minimum absolute atomic E-state index is 0.150. The predicted molar refractivity (Wildman–Crippen MR) is 56.2 cm³/mol. The summed E-state index contributed by atoms with van der Waals surface area (Å²) in [6, 6.07) is 5.80. The van der Waals surface area contributed by atoms with Crippen LogP contribution in [0.5, 0.6) is 0 Å². The molecule has 0 unspecified atom stereocenters. The quantitative estimate of drug-likeness (QED) is 0.677. The van der Waals surface area contributed by atoms with Crippen molar-refractivity contribution in [3.63, 3.8) is 0 Å². The van der Waals surface area contributed by atoms with E-state index >= 15 is 0 Å². The molecule has 0 fully saturated rings. The fraction of sp³-hybridized carbons (Fsp3) is 0.417. The van der Waals surface area contributed by atoms with Crippen LogP contribution < -0.4 is 5.43 Å². The van der Waals surface area contributed by atoms with Gasteiger partial charge in [-0.2, -0.15) is 0 Å². The Morgan fingerprint density at radius 2 is 1.85 bits per heavy atom. The van der Waals surface area contributed by atoms with Crippen molar-refractivity contribution < 1.29 is 0 Å². The summed E-state index contributed by atoms with van der Waals surface area (Å²) < 4.78 is 0. The molecule has 13 heavy (non-hydrogen) atoms. The Bertz CT molecular complexity index is 353. The SMILES string of the molecule is CCCc1cc(C)cc(C)c(=O)c1. The van der Waals surface area contributed by atoms with Crippen molar-refractivity contribution in [2.75, 3.05) is 0 Å². The third kappa shape index (κ3) is 2.69. The molecule has 1 aromatic carbocycles. The highest BCUT2D eigenvalue weighted by molar-refractivity contribution is 5.25. The summed E-state index contributed by atoms with van der Waals surface area (Å²) in [5.41, 5.74) is 3.30. The van der Waals surface area contributed by atoms with E-state index in [2.05, 4.69) is 13.0 Å². The van der Waals surface area contributed by atoms with Crippen molar-refractivity contribution in [1.82, 2.24) is 0 Å². The van der Waals surface area contributed by atoms with Crippen LogP contribution in [0.4, 0.5) is 0 Å². The Labute approximate surface area is 79.4 Å². The van der Waals surface area contributed by atoms with E-state index in [1.165, 1.54) is 5.56 Å². The molecule has 0 amide bonds. The van der Waals surface area contributed by atoms with Crippen LogP contribution in [0.15, 0.2) is 23.0 Å². The maximum atomic E-state index is 11.5. The van der Waals surface area contributed by atoms with Gasteiger partial charge in [-0.1, -0.05) is 31.0 Å². The second kappa shape index (κ2) is 4.22. The van der Waals surface area contributed by atoms with Crippen molar-refractivity contribution in [3.8, 4) is 0 Å². The molecule has 1 nitrogen and oxygen atoms in total. The molecule has 0 aliphatic rings. The molecule has 0 saturated carbocycles. The first-order valence-electron chi connectivity index (χ1n) is 4.75. The maximum Gasteiger partial charge on any atom is 0.181 e. The zero-order valence-electron chi connectivity index (χ0n) is 8.55. The lowest BCUT2D eigenvalue weighted by Gasteiger charge is -1.92. The monoisotopic (exact) mass is 176 g/mol. The Morgan fingerprint density at radius 1 is 1.15 bits per heavy atom. The van der Waals surface area contributed by atoms with E-state index in [-0.39, 0.29) is 5.43 Å². The van der Waals surface area contributed by atoms with Gasteiger partial charge in [0.2, 0.25) is 0 Å². The van der Waals surface area contributed by atoms with Gasteiger partial charge < -0.3 is 0 Å². The minimum atomic E-state index is 0.150. The van der Waals surface area contributed by atoms with Crippen LogP contribution in [0, 0.1) is 13.8 Å². The van der Waals surface area contributed by atoms with Crippen LogP contribution in [-0.4, -0.2) is 0 Å². The zero-order valence-corrected chi connectivity index (χ0v) is 8.55. The van der Waals surface area contributed by atoms with E-state index in [1.54, 1.807) is 6.07 Å². The van der Waals surface area contributed by atoms with Crippen LogP contribution in [-0.2, 0) is 6.42 Å². The summed E-state index contributed by atoms with van der Waals surface area (Å²) in [5, 5.41) is 0. The summed E-state index contributed by atoms with van der Waals surface area (Å²) in [4.78, 5) is 11.5. The van der Waals surface area contributed by atoms with Gasteiger partial charge >= 0.3 is 0 Å². The van der Waals surface area contributed by atoms with Gasteiger partial charge in [-0.05, 0) is 37.5 Å². The fourth-order valence-electron chi connectivity index (χ4n) is 1.50. The second-order valence-corrected chi connectivity index (χ2v) is 3.55. The van der Waals surface area contributed by atoms with Crippen LogP contribution in [0.25, 0.3) is 0 Å². The van der Waals surface area contributed by atoms with Crippen LogP contribution in [0.1, 0.15) is 30.0 Å². The fourth-order valence-corrected chi connectivity index (χ4v) is 1.50. The van der Waals surface area contributed by atoms with Gasteiger partial charge in [-0.15, -0.1) is 0 Å². The Balaban J connectivity index is 3.27. The van der Waals surface area contributed by atoms with Crippen molar-refractivity contribution >= 4 is 0 Å². The number of hydrogen-bond donors (Lipinski definition) is 0. The first-order valence-corrected chi connectivity index (χ1v) is 4.75. The van der Waals surface area contributed by atoms with E-state index in [0.29, 0.717) is 0 Å². The molecule has 0 spiro atoms. The van der Waals surface area contributed by atoms with Crippen LogP contribution >= 0.6 is 0 Å². The van der Waals surface area contributed by atoms with E-state index in [0.717, 1.165) is 24.0 Å². The van der Waals surface area contributed by atoms with Crippen molar-refractivity contribution in [3.05, 3.63) is 45.1 Å². The molecular formula is C12H16O. The van der Waals surface area contributed by atoms with Crippen molar-refractivity contribution in [2.24, 2.45) is 0 Å². The first kappa shape index (κ1) is 9.97. The average molecular weight is 176 g/mol. The molecule has 1 aromatic rings. The molecule has 70 valence electrons. The second-order valence-electron chi connectivity index (χ2n) is 3.55. The van der Waals surface area contributed by atoms with Crippen molar-refractivity contribution in [1.29, 1.82) is 0 Å². The van der Waals surface area contributed by atoms with Gasteiger partial charge in [-0.25, -0.2) is 0 Å². The molecule has 0 saturated heterocycles. The Hall–Kier alpha value is -1.11. The molecular weight excluding hydrogens is 160 g/mol. The summed E-state index contributed by atoms with van der Waals surface area (Å²) in [5.74, 6) is 0. The average Bonchev–Trinajstić information content (AvgIpc) is 2.13. The molecule has 0 N–H and O–H groups in total. The molecule has 1 heteroatoms. The number of hydrogen-bond acceptors (Lipinski definition) is 1. The topological polar surface area (TPSA) is 17.1 Å². The Morgan fingerprint density at radius 3 is 2.46 bits per heavy atom. The molecule has 1 rings (SSSR count). The molecule has 0 atom stereocenters. The van der Waals surface area contributed by atoms with Gasteiger partial charge in [0.15, 0.2) is 5.43 Å². The van der Waals surface area contributed by atoms with Gasteiger partial charge in [0.05, 0.1) is 0 Å². The van der Waals surface area contributed by atoms with E-state index in [9.17, 15) is 4.79 Å².